The first-order chi connectivity index (χ1) is 9.33. The van der Waals surface area contributed by atoms with E-state index < -0.39 is 0 Å². The molecule has 0 unspecified atom stereocenters. The van der Waals surface area contributed by atoms with Gasteiger partial charge in [0.15, 0.2) is 0 Å². The van der Waals surface area contributed by atoms with Crippen LogP contribution < -0.4 is 0 Å². The molecule has 104 valence electrons. The molecule has 0 atom stereocenters. The molecule has 1 N–H and O–H groups in total. The third kappa shape index (κ3) is 4.19. The zero-order valence-corrected chi connectivity index (χ0v) is 11.9. The van der Waals surface area contributed by atoms with Crippen LogP contribution in [0.4, 0.5) is 0 Å². The van der Waals surface area contributed by atoms with Crippen LogP contribution in [0.25, 0.3) is 5.57 Å². The summed E-state index contributed by atoms with van der Waals surface area (Å²) in [5, 5.41) is 8.80. The first-order valence-corrected chi connectivity index (χ1v) is 7.45. The van der Waals surface area contributed by atoms with Crippen LogP contribution in [0, 0.1) is 0 Å². The Balaban J connectivity index is 1.88. The summed E-state index contributed by atoms with van der Waals surface area (Å²) in [5.74, 6) is 0. The van der Waals surface area contributed by atoms with Gasteiger partial charge in [-0.2, -0.15) is 0 Å². The van der Waals surface area contributed by atoms with Crippen molar-refractivity contribution in [2.24, 2.45) is 0 Å². The van der Waals surface area contributed by atoms with Gasteiger partial charge in [0.25, 0.3) is 0 Å². The van der Waals surface area contributed by atoms with Gasteiger partial charge in [0.1, 0.15) is 0 Å². The molecule has 0 amide bonds. The molecule has 0 saturated carbocycles. The zero-order valence-electron chi connectivity index (χ0n) is 11.9. The van der Waals surface area contributed by atoms with Crippen LogP contribution in [-0.4, -0.2) is 36.2 Å². The van der Waals surface area contributed by atoms with Crippen LogP contribution in [0.3, 0.4) is 0 Å². The molecular formula is C17H25NO. The average molecular weight is 259 g/mol. The lowest BCUT2D eigenvalue weighted by molar-refractivity contribution is 0.253. The lowest BCUT2D eigenvalue weighted by Crippen LogP contribution is -2.29. The lowest BCUT2D eigenvalue weighted by atomic mass is 9.98. The third-order valence-electron chi connectivity index (χ3n) is 3.91. The molecule has 0 bridgehead atoms. The summed E-state index contributed by atoms with van der Waals surface area (Å²) in [5.41, 5.74) is 4.28. The van der Waals surface area contributed by atoms with Crippen LogP contribution in [0.2, 0.25) is 0 Å². The second-order valence-electron chi connectivity index (χ2n) is 5.26. The second-order valence-corrected chi connectivity index (χ2v) is 5.26. The summed E-state index contributed by atoms with van der Waals surface area (Å²) in [6.45, 7) is 5.82. The van der Waals surface area contributed by atoms with Gasteiger partial charge in [-0.3, -0.25) is 4.90 Å². The van der Waals surface area contributed by atoms with Crippen LogP contribution in [0.5, 0.6) is 0 Å². The van der Waals surface area contributed by atoms with Gasteiger partial charge in [-0.25, -0.2) is 0 Å². The van der Waals surface area contributed by atoms with Gasteiger partial charge in [0.05, 0.1) is 0 Å². The summed E-state index contributed by atoms with van der Waals surface area (Å²) in [6, 6.07) is 8.99. The van der Waals surface area contributed by atoms with E-state index in [1.807, 2.05) is 0 Å². The Kier molecular flexibility index (Phi) is 5.62. The van der Waals surface area contributed by atoms with Crippen LogP contribution in [0.1, 0.15) is 37.3 Å². The summed E-state index contributed by atoms with van der Waals surface area (Å²) in [7, 11) is 0. The molecule has 2 rings (SSSR count). The highest BCUT2D eigenvalue weighted by Gasteiger charge is 2.12. The Morgan fingerprint density at radius 3 is 2.53 bits per heavy atom. The van der Waals surface area contributed by atoms with Crippen molar-refractivity contribution in [3.8, 4) is 0 Å². The Labute approximate surface area is 116 Å². The highest BCUT2D eigenvalue weighted by Crippen LogP contribution is 2.22. The van der Waals surface area contributed by atoms with Crippen LogP contribution in [0.15, 0.2) is 30.3 Å². The summed E-state index contributed by atoms with van der Waals surface area (Å²) in [4.78, 5) is 2.47. The molecule has 1 aliphatic heterocycles. The standard InChI is InChI=1S/C17H25NO/c1-2-15-5-7-16(8-6-15)17-9-12-18(13-10-17)11-3-4-14-19/h5-9,19H,2-4,10-14H2,1H3. The fraction of sp³-hybridized carbons (Fsp3) is 0.529. The molecule has 0 aromatic heterocycles. The number of hydrogen-bond acceptors (Lipinski definition) is 2. The van der Waals surface area contributed by atoms with Gasteiger partial charge in [0, 0.05) is 19.7 Å². The van der Waals surface area contributed by atoms with Crippen LogP contribution in [-0.2, 0) is 6.42 Å². The molecule has 0 radical (unpaired) electrons. The molecule has 0 fully saturated rings. The van der Waals surface area contributed by atoms with Crippen molar-refractivity contribution >= 4 is 5.57 Å². The third-order valence-corrected chi connectivity index (χ3v) is 3.91. The van der Waals surface area contributed by atoms with E-state index in [9.17, 15) is 0 Å². The molecule has 2 nitrogen and oxygen atoms in total. The van der Waals surface area contributed by atoms with E-state index in [4.69, 9.17) is 5.11 Å². The lowest BCUT2D eigenvalue weighted by Gasteiger charge is -2.26. The number of aryl methyl sites for hydroxylation is 1. The van der Waals surface area contributed by atoms with Crippen molar-refractivity contribution in [2.45, 2.75) is 32.6 Å². The quantitative estimate of drug-likeness (QED) is 0.794. The minimum atomic E-state index is 0.318. The molecule has 19 heavy (non-hydrogen) atoms. The second kappa shape index (κ2) is 7.46. The number of aliphatic hydroxyl groups excluding tert-OH is 1. The van der Waals surface area contributed by atoms with Gasteiger partial charge in [-0.15, -0.1) is 0 Å². The molecule has 2 heteroatoms. The van der Waals surface area contributed by atoms with Crippen molar-refractivity contribution in [1.29, 1.82) is 0 Å². The summed E-state index contributed by atoms with van der Waals surface area (Å²) < 4.78 is 0. The first-order valence-electron chi connectivity index (χ1n) is 7.45. The summed E-state index contributed by atoms with van der Waals surface area (Å²) >= 11 is 0. The van der Waals surface area contributed by atoms with Crippen molar-refractivity contribution in [3.63, 3.8) is 0 Å². The fourth-order valence-corrected chi connectivity index (χ4v) is 2.58. The summed E-state index contributed by atoms with van der Waals surface area (Å²) in [6.07, 6.45) is 6.64. The van der Waals surface area contributed by atoms with E-state index in [2.05, 4.69) is 42.2 Å². The molecule has 0 saturated heterocycles. The van der Waals surface area contributed by atoms with E-state index in [1.54, 1.807) is 0 Å². The van der Waals surface area contributed by atoms with Crippen molar-refractivity contribution in [3.05, 3.63) is 41.5 Å². The Morgan fingerprint density at radius 2 is 1.95 bits per heavy atom. The van der Waals surface area contributed by atoms with Gasteiger partial charge in [0.2, 0.25) is 0 Å². The SMILES string of the molecule is CCc1ccc(C2=CCN(CCCCO)CC2)cc1. The minimum absolute atomic E-state index is 0.318. The van der Waals surface area contributed by atoms with Gasteiger partial charge < -0.3 is 5.11 Å². The Bertz CT molecular complexity index is 408. The van der Waals surface area contributed by atoms with Crippen molar-refractivity contribution in [2.75, 3.05) is 26.2 Å². The number of nitrogens with zero attached hydrogens (tertiary/aromatic N) is 1. The average Bonchev–Trinajstić information content (AvgIpc) is 2.48. The largest absolute Gasteiger partial charge is 0.396 e. The highest BCUT2D eigenvalue weighted by atomic mass is 16.2. The van der Waals surface area contributed by atoms with Gasteiger partial charge in [-0.1, -0.05) is 37.3 Å². The number of rotatable bonds is 6. The molecule has 1 heterocycles. The molecule has 1 aromatic rings. The van der Waals surface area contributed by atoms with E-state index >= 15 is 0 Å². The molecular weight excluding hydrogens is 234 g/mol. The zero-order chi connectivity index (χ0) is 13.5. The van der Waals surface area contributed by atoms with E-state index in [1.165, 1.54) is 16.7 Å². The highest BCUT2D eigenvalue weighted by molar-refractivity contribution is 5.66. The van der Waals surface area contributed by atoms with E-state index in [0.29, 0.717) is 6.61 Å². The van der Waals surface area contributed by atoms with Crippen molar-refractivity contribution in [1.82, 2.24) is 4.90 Å². The maximum Gasteiger partial charge on any atom is 0.0431 e. The molecule has 1 aromatic carbocycles. The normalized spacial score (nSPS) is 16.4. The van der Waals surface area contributed by atoms with E-state index in [-0.39, 0.29) is 0 Å². The van der Waals surface area contributed by atoms with Crippen LogP contribution >= 0.6 is 0 Å². The number of benzene rings is 1. The molecule has 0 aliphatic carbocycles. The number of hydrogen-bond donors (Lipinski definition) is 1. The smallest absolute Gasteiger partial charge is 0.0431 e. The fourth-order valence-electron chi connectivity index (χ4n) is 2.58. The van der Waals surface area contributed by atoms with Gasteiger partial charge >= 0.3 is 0 Å². The Morgan fingerprint density at radius 1 is 1.16 bits per heavy atom. The number of unbranched alkanes of at least 4 members (excludes halogenated alkanes) is 1. The monoisotopic (exact) mass is 259 g/mol. The maximum absolute atomic E-state index is 8.80. The first kappa shape index (κ1) is 14.3. The molecule has 1 aliphatic rings. The van der Waals surface area contributed by atoms with E-state index in [0.717, 1.165) is 45.3 Å². The van der Waals surface area contributed by atoms with Crippen molar-refractivity contribution < 1.29 is 5.11 Å². The number of aliphatic hydroxyl groups is 1. The molecule has 0 spiro atoms. The topological polar surface area (TPSA) is 23.5 Å². The predicted molar refractivity (Wildman–Crippen MR) is 81.2 cm³/mol. The minimum Gasteiger partial charge on any atom is -0.396 e. The van der Waals surface area contributed by atoms with Gasteiger partial charge in [-0.05, 0) is 48.9 Å². The Hall–Kier alpha value is -1.12. The maximum atomic E-state index is 8.80. The predicted octanol–water partition coefficient (Wildman–Crippen LogP) is 3.11.